The first-order valence-corrected chi connectivity index (χ1v) is 9.47. The highest BCUT2D eigenvalue weighted by Gasteiger charge is 2.14. The molecule has 0 aliphatic carbocycles. The minimum absolute atomic E-state index is 0.0483. The van der Waals surface area contributed by atoms with Gasteiger partial charge in [-0.3, -0.25) is 4.79 Å². The molecule has 0 aliphatic heterocycles. The van der Waals surface area contributed by atoms with Crippen molar-refractivity contribution in [1.29, 1.82) is 0 Å². The van der Waals surface area contributed by atoms with Crippen LogP contribution in [0.15, 0.2) is 68.7 Å². The molecule has 0 radical (unpaired) electrons. The van der Waals surface area contributed by atoms with E-state index in [1.54, 1.807) is 0 Å². The number of nitrogens with zero attached hydrogens (tertiary/aromatic N) is 2. The Labute approximate surface area is 158 Å². The summed E-state index contributed by atoms with van der Waals surface area (Å²) in [6, 6.07) is 17.4. The maximum absolute atomic E-state index is 12.1. The maximum Gasteiger partial charge on any atom is 0.277 e. The summed E-state index contributed by atoms with van der Waals surface area (Å²) in [5.41, 5.74) is 1.89. The first kappa shape index (κ1) is 17.7. The van der Waals surface area contributed by atoms with Gasteiger partial charge >= 0.3 is 0 Å². The van der Waals surface area contributed by atoms with Crippen molar-refractivity contribution in [2.45, 2.75) is 18.2 Å². The molecule has 3 rings (SSSR count). The van der Waals surface area contributed by atoms with Crippen LogP contribution in [0.25, 0.3) is 11.5 Å². The second-order valence-electron chi connectivity index (χ2n) is 5.34. The molecule has 0 saturated heterocycles. The molecule has 0 fully saturated rings. The molecular weight excluding hydrogens is 402 g/mol. The molecule has 1 N–H and O–H groups in total. The molecule has 1 heterocycles. The summed E-state index contributed by atoms with van der Waals surface area (Å²) in [6.07, 6.45) is 0. The Morgan fingerprint density at radius 2 is 1.88 bits per heavy atom. The Bertz CT molecular complexity index is 854. The van der Waals surface area contributed by atoms with Crippen LogP contribution in [-0.2, 0) is 4.79 Å². The van der Waals surface area contributed by atoms with Crippen LogP contribution in [0.3, 0.4) is 0 Å². The van der Waals surface area contributed by atoms with Gasteiger partial charge in [0.2, 0.25) is 11.8 Å². The van der Waals surface area contributed by atoms with Crippen molar-refractivity contribution in [3.05, 3.63) is 64.6 Å². The minimum atomic E-state index is -0.0815. The Hall–Kier alpha value is -2.12. The van der Waals surface area contributed by atoms with Crippen molar-refractivity contribution >= 4 is 33.6 Å². The third-order valence-corrected chi connectivity index (χ3v) is 5.02. The molecule has 25 heavy (non-hydrogen) atoms. The average molecular weight is 418 g/mol. The Kier molecular flexibility index (Phi) is 5.88. The van der Waals surface area contributed by atoms with Gasteiger partial charge in [-0.15, -0.1) is 10.2 Å². The number of thioether (sulfide) groups is 1. The van der Waals surface area contributed by atoms with Crippen molar-refractivity contribution in [2.75, 3.05) is 5.75 Å². The van der Waals surface area contributed by atoms with Gasteiger partial charge in [0, 0.05) is 4.47 Å². The number of hydrogen-bond acceptors (Lipinski definition) is 5. The molecule has 1 amide bonds. The van der Waals surface area contributed by atoms with Crippen LogP contribution in [0.2, 0.25) is 0 Å². The second-order valence-corrected chi connectivity index (χ2v) is 7.12. The summed E-state index contributed by atoms with van der Waals surface area (Å²) >= 11 is 4.67. The number of carbonyl (C=O) groups excluding carboxylic acids is 1. The lowest BCUT2D eigenvalue weighted by molar-refractivity contribution is -0.119. The predicted molar refractivity (Wildman–Crippen MR) is 101 cm³/mol. The van der Waals surface area contributed by atoms with Crippen LogP contribution < -0.4 is 5.32 Å². The minimum Gasteiger partial charge on any atom is -0.411 e. The summed E-state index contributed by atoms with van der Waals surface area (Å²) in [4.78, 5) is 12.1. The summed E-state index contributed by atoms with van der Waals surface area (Å²) in [5.74, 6) is 0.560. The Balaban J connectivity index is 1.55. The van der Waals surface area contributed by atoms with Gasteiger partial charge in [-0.1, -0.05) is 54.2 Å². The molecule has 128 valence electrons. The monoisotopic (exact) mass is 417 g/mol. The van der Waals surface area contributed by atoms with E-state index in [1.165, 1.54) is 11.8 Å². The average Bonchev–Trinajstić information content (AvgIpc) is 3.10. The van der Waals surface area contributed by atoms with Crippen molar-refractivity contribution < 1.29 is 9.21 Å². The van der Waals surface area contributed by atoms with Gasteiger partial charge in [0.05, 0.1) is 17.4 Å². The zero-order valence-corrected chi connectivity index (χ0v) is 15.9. The van der Waals surface area contributed by atoms with Gasteiger partial charge in [0.25, 0.3) is 5.22 Å². The van der Waals surface area contributed by atoms with E-state index >= 15 is 0 Å². The number of benzene rings is 2. The van der Waals surface area contributed by atoms with E-state index in [0.29, 0.717) is 11.1 Å². The van der Waals surface area contributed by atoms with Crippen molar-refractivity contribution in [2.24, 2.45) is 0 Å². The summed E-state index contributed by atoms with van der Waals surface area (Å²) in [6.45, 7) is 1.95. The molecule has 5 nitrogen and oxygen atoms in total. The molecule has 3 aromatic rings. The molecular formula is C18H16BrN3O2S. The molecule has 1 atom stereocenters. The smallest absolute Gasteiger partial charge is 0.277 e. The molecule has 0 spiro atoms. The van der Waals surface area contributed by atoms with E-state index in [2.05, 4.69) is 31.4 Å². The van der Waals surface area contributed by atoms with E-state index in [4.69, 9.17) is 4.42 Å². The SMILES string of the molecule is CC(NC(=O)CSc1nnc(-c2ccccc2Br)o1)c1ccccc1. The quantitative estimate of drug-likeness (QED) is 0.599. The first-order chi connectivity index (χ1) is 12.1. The third-order valence-electron chi connectivity index (χ3n) is 3.51. The normalized spacial score (nSPS) is 11.9. The van der Waals surface area contributed by atoms with Gasteiger partial charge in [0.15, 0.2) is 0 Å². The van der Waals surface area contributed by atoms with Gasteiger partial charge in [-0.05, 0) is 40.5 Å². The van der Waals surface area contributed by atoms with Crippen molar-refractivity contribution in [3.63, 3.8) is 0 Å². The maximum atomic E-state index is 12.1. The number of aromatic nitrogens is 2. The van der Waals surface area contributed by atoms with E-state index in [0.717, 1.165) is 15.6 Å². The number of nitrogens with one attached hydrogen (secondary N) is 1. The Morgan fingerprint density at radius 3 is 2.64 bits per heavy atom. The van der Waals surface area contributed by atoms with Crippen molar-refractivity contribution in [1.82, 2.24) is 15.5 Å². The third kappa shape index (κ3) is 4.70. The van der Waals surface area contributed by atoms with Crippen LogP contribution in [-0.4, -0.2) is 21.9 Å². The highest BCUT2D eigenvalue weighted by Crippen LogP contribution is 2.28. The first-order valence-electron chi connectivity index (χ1n) is 7.69. The van der Waals surface area contributed by atoms with E-state index in [9.17, 15) is 4.79 Å². The van der Waals surface area contributed by atoms with E-state index in [-0.39, 0.29) is 17.7 Å². The second kappa shape index (κ2) is 8.31. The standard InChI is InChI=1S/C18H16BrN3O2S/c1-12(13-7-3-2-4-8-13)20-16(23)11-25-18-22-21-17(24-18)14-9-5-6-10-15(14)19/h2-10,12H,11H2,1H3,(H,20,23). The highest BCUT2D eigenvalue weighted by atomic mass is 79.9. The zero-order chi connectivity index (χ0) is 17.6. The summed E-state index contributed by atoms with van der Waals surface area (Å²) < 4.78 is 6.50. The van der Waals surface area contributed by atoms with Crippen LogP contribution in [0, 0.1) is 0 Å². The van der Waals surface area contributed by atoms with Crippen LogP contribution >= 0.6 is 27.7 Å². The van der Waals surface area contributed by atoms with Crippen LogP contribution in [0.5, 0.6) is 0 Å². The largest absolute Gasteiger partial charge is 0.411 e. The molecule has 7 heteroatoms. The zero-order valence-electron chi connectivity index (χ0n) is 13.5. The van der Waals surface area contributed by atoms with Gasteiger partial charge in [-0.25, -0.2) is 0 Å². The highest BCUT2D eigenvalue weighted by molar-refractivity contribution is 9.10. The number of hydrogen-bond donors (Lipinski definition) is 1. The fraction of sp³-hybridized carbons (Fsp3) is 0.167. The lowest BCUT2D eigenvalue weighted by atomic mass is 10.1. The lowest BCUT2D eigenvalue weighted by Crippen LogP contribution is -2.28. The fourth-order valence-electron chi connectivity index (χ4n) is 2.25. The number of carbonyl (C=O) groups is 1. The fourth-order valence-corrected chi connectivity index (χ4v) is 3.28. The number of halogens is 1. The molecule has 0 saturated carbocycles. The van der Waals surface area contributed by atoms with E-state index < -0.39 is 0 Å². The molecule has 1 aromatic heterocycles. The number of amides is 1. The lowest BCUT2D eigenvalue weighted by Gasteiger charge is -2.13. The van der Waals surface area contributed by atoms with Crippen LogP contribution in [0.4, 0.5) is 0 Å². The van der Waals surface area contributed by atoms with Gasteiger partial charge in [0.1, 0.15) is 0 Å². The summed E-state index contributed by atoms with van der Waals surface area (Å²) in [5, 5.41) is 11.3. The van der Waals surface area contributed by atoms with E-state index in [1.807, 2.05) is 61.5 Å². The predicted octanol–water partition coefficient (Wildman–Crippen LogP) is 4.47. The topological polar surface area (TPSA) is 68.0 Å². The number of rotatable bonds is 6. The summed E-state index contributed by atoms with van der Waals surface area (Å²) in [7, 11) is 0. The van der Waals surface area contributed by atoms with Crippen LogP contribution in [0.1, 0.15) is 18.5 Å². The molecule has 0 aliphatic rings. The molecule has 0 bridgehead atoms. The molecule has 1 unspecified atom stereocenters. The van der Waals surface area contributed by atoms with Crippen molar-refractivity contribution in [3.8, 4) is 11.5 Å². The van der Waals surface area contributed by atoms with Gasteiger partial charge < -0.3 is 9.73 Å². The van der Waals surface area contributed by atoms with Gasteiger partial charge in [-0.2, -0.15) is 0 Å². The molecule has 2 aromatic carbocycles. The Morgan fingerprint density at radius 1 is 1.16 bits per heavy atom.